The van der Waals surface area contributed by atoms with Crippen molar-refractivity contribution in [3.63, 3.8) is 0 Å². The Balaban J connectivity index is 2.85. The van der Waals surface area contributed by atoms with E-state index in [2.05, 4.69) is 34.7 Å². The molecule has 1 rings (SSSR count). The molecule has 0 saturated carbocycles. The monoisotopic (exact) mass is 357 g/mol. The molecule has 0 N–H and O–H groups in total. The van der Waals surface area contributed by atoms with E-state index in [0.717, 1.165) is 29.5 Å². The summed E-state index contributed by atoms with van der Waals surface area (Å²) in [5.74, 6) is -0.319. The van der Waals surface area contributed by atoms with E-state index in [9.17, 15) is 4.79 Å². The van der Waals surface area contributed by atoms with E-state index in [1.54, 1.807) is 13.2 Å². The first kappa shape index (κ1) is 18.1. The second-order valence-corrected chi connectivity index (χ2v) is 5.87. The third-order valence-corrected chi connectivity index (χ3v) is 4.38. The Hall–Kier alpha value is -0.910. The van der Waals surface area contributed by atoms with Crippen molar-refractivity contribution in [3.8, 4) is 0 Å². The summed E-state index contributed by atoms with van der Waals surface area (Å²) in [5, 5.41) is 0. The van der Waals surface area contributed by atoms with Gasteiger partial charge in [-0.25, -0.2) is 4.79 Å². The lowest BCUT2D eigenvalue weighted by atomic mass is 10.1. The predicted molar refractivity (Wildman–Crippen MR) is 87.5 cm³/mol. The zero-order valence-electron chi connectivity index (χ0n) is 13.2. The van der Waals surface area contributed by atoms with Crippen LogP contribution in [0, 0.1) is 0 Å². The molecule has 0 aliphatic heterocycles. The lowest BCUT2D eigenvalue weighted by molar-refractivity contribution is 0.0600. The highest BCUT2D eigenvalue weighted by atomic mass is 79.9. The molecule has 0 aromatic heterocycles. The van der Waals surface area contributed by atoms with Crippen molar-refractivity contribution < 1.29 is 14.3 Å². The molecular formula is C16H24BrNO3. The van der Waals surface area contributed by atoms with Crippen molar-refractivity contribution in [1.29, 1.82) is 0 Å². The van der Waals surface area contributed by atoms with Crippen LogP contribution < -0.4 is 0 Å². The smallest absolute Gasteiger partial charge is 0.337 e. The van der Waals surface area contributed by atoms with E-state index < -0.39 is 0 Å². The van der Waals surface area contributed by atoms with Crippen LogP contribution in [-0.2, 0) is 16.0 Å². The number of esters is 1. The molecule has 0 heterocycles. The number of nitrogens with zero attached hydrogens (tertiary/aromatic N) is 1. The van der Waals surface area contributed by atoms with Crippen LogP contribution in [-0.4, -0.2) is 44.3 Å². The molecule has 0 radical (unpaired) electrons. The van der Waals surface area contributed by atoms with Gasteiger partial charge in [0.25, 0.3) is 0 Å². The van der Waals surface area contributed by atoms with Crippen LogP contribution in [0.3, 0.4) is 0 Å². The standard InChI is InChI=1S/C16H24BrNO3/c1-5-12(2)18(8-9-20-3)11-14-7-6-13(10-15(14)17)16(19)21-4/h6-7,10,12H,5,8-9,11H2,1-4H3. The SMILES string of the molecule is CCC(C)N(CCOC)Cc1ccc(C(=O)OC)cc1Br. The van der Waals surface area contributed by atoms with E-state index in [-0.39, 0.29) is 5.97 Å². The molecular weight excluding hydrogens is 334 g/mol. The Morgan fingerprint density at radius 3 is 2.62 bits per heavy atom. The second-order valence-electron chi connectivity index (χ2n) is 5.02. The highest BCUT2D eigenvalue weighted by Crippen LogP contribution is 2.22. The Morgan fingerprint density at radius 1 is 1.38 bits per heavy atom. The summed E-state index contributed by atoms with van der Waals surface area (Å²) in [6.07, 6.45) is 1.08. The molecule has 0 amide bonds. The van der Waals surface area contributed by atoms with Crippen LogP contribution in [0.15, 0.2) is 22.7 Å². The first-order valence-corrected chi connectivity index (χ1v) is 7.92. The number of carbonyl (C=O) groups is 1. The fourth-order valence-electron chi connectivity index (χ4n) is 2.06. The maximum Gasteiger partial charge on any atom is 0.337 e. The number of rotatable bonds is 8. The molecule has 0 spiro atoms. The minimum Gasteiger partial charge on any atom is -0.465 e. The highest BCUT2D eigenvalue weighted by molar-refractivity contribution is 9.10. The molecule has 118 valence electrons. The molecule has 5 heteroatoms. The second kappa shape index (κ2) is 9.18. The van der Waals surface area contributed by atoms with Gasteiger partial charge in [-0.3, -0.25) is 4.90 Å². The number of carbonyl (C=O) groups excluding carboxylic acids is 1. The largest absolute Gasteiger partial charge is 0.465 e. The van der Waals surface area contributed by atoms with Gasteiger partial charge in [-0.05, 0) is 31.0 Å². The first-order chi connectivity index (χ1) is 10.0. The van der Waals surface area contributed by atoms with Gasteiger partial charge in [-0.15, -0.1) is 0 Å². The van der Waals surface area contributed by atoms with Gasteiger partial charge in [-0.2, -0.15) is 0 Å². The fourth-order valence-corrected chi connectivity index (χ4v) is 2.57. The average Bonchev–Trinajstić information content (AvgIpc) is 2.51. The summed E-state index contributed by atoms with van der Waals surface area (Å²) in [5.41, 5.74) is 1.71. The zero-order valence-corrected chi connectivity index (χ0v) is 14.8. The lowest BCUT2D eigenvalue weighted by Crippen LogP contribution is -2.35. The number of hydrogen-bond donors (Lipinski definition) is 0. The van der Waals surface area contributed by atoms with Crippen molar-refractivity contribution in [2.75, 3.05) is 27.4 Å². The molecule has 4 nitrogen and oxygen atoms in total. The van der Waals surface area contributed by atoms with Gasteiger partial charge in [-0.1, -0.05) is 28.9 Å². The molecule has 1 aromatic rings. The van der Waals surface area contributed by atoms with Gasteiger partial charge in [0.1, 0.15) is 0 Å². The van der Waals surface area contributed by atoms with Gasteiger partial charge in [0.15, 0.2) is 0 Å². The molecule has 0 fully saturated rings. The molecule has 1 aromatic carbocycles. The number of halogens is 1. The molecule has 0 aliphatic rings. The third-order valence-electron chi connectivity index (χ3n) is 3.64. The molecule has 1 atom stereocenters. The predicted octanol–water partition coefficient (Wildman–Crippen LogP) is 3.48. The number of methoxy groups -OCH3 is 2. The number of benzene rings is 1. The number of hydrogen-bond acceptors (Lipinski definition) is 4. The van der Waals surface area contributed by atoms with E-state index in [0.29, 0.717) is 18.2 Å². The lowest BCUT2D eigenvalue weighted by Gasteiger charge is -2.28. The van der Waals surface area contributed by atoms with Gasteiger partial charge >= 0.3 is 5.97 Å². The molecule has 0 bridgehead atoms. The quantitative estimate of drug-likeness (QED) is 0.667. The van der Waals surface area contributed by atoms with Crippen LogP contribution in [0.1, 0.15) is 36.2 Å². The van der Waals surface area contributed by atoms with Crippen LogP contribution in [0.5, 0.6) is 0 Å². The summed E-state index contributed by atoms with van der Waals surface area (Å²) in [6.45, 7) is 6.81. The Morgan fingerprint density at radius 2 is 2.10 bits per heavy atom. The minimum atomic E-state index is -0.319. The van der Waals surface area contributed by atoms with Crippen LogP contribution in [0.25, 0.3) is 0 Å². The van der Waals surface area contributed by atoms with Crippen LogP contribution >= 0.6 is 15.9 Å². The minimum absolute atomic E-state index is 0.319. The third kappa shape index (κ3) is 5.41. The van der Waals surface area contributed by atoms with E-state index in [1.165, 1.54) is 7.11 Å². The molecule has 0 saturated heterocycles. The topological polar surface area (TPSA) is 38.8 Å². The van der Waals surface area contributed by atoms with Gasteiger partial charge in [0.05, 0.1) is 19.3 Å². The van der Waals surface area contributed by atoms with E-state index >= 15 is 0 Å². The fraction of sp³-hybridized carbons (Fsp3) is 0.562. The molecule has 1 unspecified atom stereocenters. The van der Waals surface area contributed by atoms with Crippen LogP contribution in [0.4, 0.5) is 0 Å². The van der Waals surface area contributed by atoms with E-state index in [1.807, 2.05) is 12.1 Å². The summed E-state index contributed by atoms with van der Waals surface area (Å²) in [6, 6.07) is 6.06. The average molecular weight is 358 g/mol. The number of ether oxygens (including phenoxy) is 2. The summed E-state index contributed by atoms with van der Waals surface area (Å²) < 4.78 is 10.8. The maximum absolute atomic E-state index is 11.5. The van der Waals surface area contributed by atoms with Crippen molar-refractivity contribution in [2.24, 2.45) is 0 Å². The Kier molecular flexibility index (Phi) is 7.93. The van der Waals surface area contributed by atoms with Crippen molar-refractivity contribution in [2.45, 2.75) is 32.9 Å². The van der Waals surface area contributed by atoms with Crippen LogP contribution in [0.2, 0.25) is 0 Å². The first-order valence-electron chi connectivity index (χ1n) is 7.13. The van der Waals surface area contributed by atoms with Crippen molar-refractivity contribution in [1.82, 2.24) is 4.90 Å². The highest BCUT2D eigenvalue weighted by Gasteiger charge is 2.15. The zero-order chi connectivity index (χ0) is 15.8. The summed E-state index contributed by atoms with van der Waals surface area (Å²) in [7, 11) is 3.11. The normalized spacial score (nSPS) is 12.5. The van der Waals surface area contributed by atoms with E-state index in [4.69, 9.17) is 9.47 Å². The maximum atomic E-state index is 11.5. The van der Waals surface area contributed by atoms with Gasteiger partial charge in [0, 0.05) is 30.7 Å². The van der Waals surface area contributed by atoms with Crippen molar-refractivity contribution >= 4 is 21.9 Å². The van der Waals surface area contributed by atoms with Crippen molar-refractivity contribution in [3.05, 3.63) is 33.8 Å². The van der Waals surface area contributed by atoms with Gasteiger partial charge < -0.3 is 9.47 Å². The Labute approximate surface area is 135 Å². The molecule has 21 heavy (non-hydrogen) atoms. The summed E-state index contributed by atoms with van der Waals surface area (Å²) >= 11 is 3.55. The Bertz CT molecular complexity index is 465. The van der Waals surface area contributed by atoms with Gasteiger partial charge in [0.2, 0.25) is 0 Å². The summed E-state index contributed by atoms with van der Waals surface area (Å²) in [4.78, 5) is 13.9. The molecule has 0 aliphatic carbocycles.